The Labute approximate surface area is 112 Å². The lowest BCUT2D eigenvalue weighted by Gasteiger charge is -2.10. The first-order chi connectivity index (χ1) is 8.76. The van der Waals surface area contributed by atoms with E-state index in [1.54, 1.807) is 13.2 Å². The number of hydrogen-bond acceptors (Lipinski definition) is 5. The standard InChI is InChI=1S/C11H18N4O2S/c1-3-17-6-4-5-12-11(18)15-9-7-10(16-2)14-8-13-9/h7-8H,3-6H2,1-2H3,(H2,12,13,14,15,18). The van der Waals surface area contributed by atoms with Gasteiger partial charge in [0, 0.05) is 25.8 Å². The second kappa shape index (κ2) is 8.60. The minimum absolute atomic E-state index is 0.492. The Morgan fingerprint density at radius 1 is 1.44 bits per heavy atom. The van der Waals surface area contributed by atoms with Crippen LogP contribution in [0.2, 0.25) is 0 Å². The molecule has 0 aliphatic heterocycles. The molecule has 1 aromatic rings. The van der Waals surface area contributed by atoms with Gasteiger partial charge in [-0.3, -0.25) is 0 Å². The van der Waals surface area contributed by atoms with Gasteiger partial charge in [-0.25, -0.2) is 9.97 Å². The molecule has 18 heavy (non-hydrogen) atoms. The van der Waals surface area contributed by atoms with Crippen LogP contribution in [-0.2, 0) is 4.74 Å². The summed E-state index contributed by atoms with van der Waals surface area (Å²) in [5.74, 6) is 1.09. The highest BCUT2D eigenvalue weighted by molar-refractivity contribution is 7.80. The van der Waals surface area contributed by atoms with Gasteiger partial charge in [0.15, 0.2) is 5.11 Å². The molecule has 0 saturated carbocycles. The second-order valence-electron chi connectivity index (χ2n) is 3.38. The van der Waals surface area contributed by atoms with Crippen molar-refractivity contribution < 1.29 is 9.47 Å². The van der Waals surface area contributed by atoms with Crippen molar-refractivity contribution in [1.82, 2.24) is 15.3 Å². The van der Waals surface area contributed by atoms with Crippen molar-refractivity contribution in [2.24, 2.45) is 0 Å². The van der Waals surface area contributed by atoms with Crippen LogP contribution in [0.15, 0.2) is 12.4 Å². The third-order valence-electron chi connectivity index (χ3n) is 2.05. The number of ether oxygens (including phenoxy) is 2. The molecule has 1 aromatic heterocycles. The molecule has 0 aliphatic carbocycles. The van der Waals surface area contributed by atoms with E-state index in [1.165, 1.54) is 6.33 Å². The summed E-state index contributed by atoms with van der Waals surface area (Å²) in [4.78, 5) is 7.94. The third kappa shape index (κ3) is 5.74. The molecule has 100 valence electrons. The topological polar surface area (TPSA) is 68.3 Å². The van der Waals surface area contributed by atoms with Gasteiger partial charge in [-0.15, -0.1) is 0 Å². The molecule has 0 spiro atoms. The Bertz CT molecular complexity index is 376. The van der Waals surface area contributed by atoms with E-state index >= 15 is 0 Å². The van der Waals surface area contributed by atoms with Gasteiger partial charge < -0.3 is 20.1 Å². The van der Waals surface area contributed by atoms with Crippen molar-refractivity contribution in [2.45, 2.75) is 13.3 Å². The molecule has 0 radical (unpaired) electrons. The van der Waals surface area contributed by atoms with Gasteiger partial charge in [0.1, 0.15) is 12.1 Å². The molecule has 2 N–H and O–H groups in total. The SMILES string of the molecule is CCOCCCNC(=S)Nc1cc(OC)ncn1. The fourth-order valence-electron chi connectivity index (χ4n) is 1.20. The number of rotatable bonds is 7. The Morgan fingerprint density at radius 3 is 3.00 bits per heavy atom. The van der Waals surface area contributed by atoms with Gasteiger partial charge in [-0.05, 0) is 25.6 Å². The molecule has 0 fully saturated rings. The lowest BCUT2D eigenvalue weighted by atomic mass is 10.4. The summed E-state index contributed by atoms with van der Waals surface area (Å²) in [6.07, 6.45) is 2.32. The van der Waals surface area contributed by atoms with E-state index in [1.807, 2.05) is 6.92 Å². The number of anilines is 1. The van der Waals surface area contributed by atoms with Gasteiger partial charge in [-0.2, -0.15) is 0 Å². The van der Waals surface area contributed by atoms with E-state index in [9.17, 15) is 0 Å². The van der Waals surface area contributed by atoms with E-state index in [0.29, 0.717) is 16.8 Å². The summed E-state index contributed by atoms with van der Waals surface area (Å²) in [5.41, 5.74) is 0. The first-order valence-corrected chi connectivity index (χ1v) is 6.15. The summed E-state index contributed by atoms with van der Waals surface area (Å²) >= 11 is 5.13. The highest BCUT2D eigenvalue weighted by Gasteiger charge is 2.00. The minimum Gasteiger partial charge on any atom is -0.481 e. The smallest absolute Gasteiger partial charge is 0.218 e. The van der Waals surface area contributed by atoms with Crippen molar-refractivity contribution >= 4 is 23.1 Å². The Morgan fingerprint density at radius 2 is 2.28 bits per heavy atom. The van der Waals surface area contributed by atoms with Gasteiger partial charge >= 0.3 is 0 Å². The Balaban J connectivity index is 2.26. The maximum absolute atomic E-state index is 5.22. The van der Waals surface area contributed by atoms with Crippen LogP contribution in [-0.4, -0.2) is 41.9 Å². The molecule has 1 rings (SSSR count). The predicted molar refractivity (Wildman–Crippen MR) is 73.9 cm³/mol. The Hall–Kier alpha value is -1.47. The monoisotopic (exact) mass is 270 g/mol. The molecule has 0 bridgehead atoms. The molecular formula is C11H18N4O2S. The lowest BCUT2D eigenvalue weighted by molar-refractivity contribution is 0.146. The summed E-state index contributed by atoms with van der Waals surface area (Å²) in [6.45, 7) is 4.20. The highest BCUT2D eigenvalue weighted by atomic mass is 32.1. The lowest BCUT2D eigenvalue weighted by Crippen LogP contribution is -2.30. The van der Waals surface area contributed by atoms with E-state index in [2.05, 4.69) is 20.6 Å². The van der Waals surface area contributed by atoms with Crippen LogP contribution in [0.25, 0.3) is 0 Å². The molecule has 6 nitrogen and oxygen atoms in total. The van der Waals surface area contributed by atoms with Crippen LogP contribution < -0.4 is 15.4 Å². The highest BCUT2D eigenvalue weighted by Crippen LogP contribution is 2.09. The molecule has 0 aromatic carbocycles. The summed E-state index contributed by atoms with van der Waals surface area (Å²) in [7, 11) is 1.55. The van der Waals surface area contributed by atoms with Crippen LogP contribution in [0.3, 0.4) is 0 Å². The fourth-order valence-corrected chi connectivity index (χ4v) is 1.41. The molecule has 1 heterocycles. The molecule has 0 atom stereocenters. The molecule has 0 saturated heterocycles. The van der Waals surface area contributed by atoms with Gasteiger partial charge in [0.05, 0.1) is 7.11 Å². The second-order valence-corrected chi connectivity index (χ2v) is 3.79. The van der Waals surface area contributed by atoms with Crippen LogP contribution in [0.4, 0.5) is 5.82 Å². The third-order valence-corrected chi connectivity index (χ3v) is 2.29. The minimum atomic E-state index is 0.492. The molecular weight excluding hydrogens is 252 g/mol. The van der Waals surface area contributed by atoms with Crippen molar-refractivity contribution in [3.05, 3.63) is 12.4 Å². The maximum Gasteiger partial charge on any atom is 0.218 e. The number of methoxy groups -OCH3 is 1. The number of thiocarbonyl (C=S) groups is 1. The van der Waals surface area contributed by atoms with E-state index < -0.39 is 0 Å². The molecule has 0 unspecified atom stereocenters. The number of nitrogens with zero attached hydrogens (tertiary/aromatic N) is 2. The molecule has 7 heteroatoms. The summed E-state index contributed by atoms with van der Waals surface area (Å²) < 4.78 is 10.2. The predicted octanol–water partition coefficient (Wildman–Crippen LogP) is 1.20. The van der Waals surface area contributed by atoms with Crippen molar-refractivity contribution in [1.29, 1.82) is 0 Å². The van der Waals surface area contributed by atoms with E-state index in [0.717, 1.165) is 26.2 Å². The van der Waals surface area contributed by atoms with Crippen LogP contribution in [0.5, 0.6) is 5.88 Å². The normalized spacial score (nSPS) is 9.89. The zero-order valence-electron chi connectivity index (χ0n) is 10.6. The maximum atomic E-state index is 5.22. The van der Waals surface area contributed by atoms with Crippen molar-refractivity contribution in [3.8, 4) is 5.88 Å². The first kappa shape index (κ1) is 14.6. The van der Waals surface area contributed by atoms with Crippen molar-refractivity contribution in [3.63, 3.8) is 0 Å². The van der Waals surface area contributed by atoms with Crippen LogP contribution >= 0.6 is 12.2 Å². The van der Waals surface area contributed by atoms with Crippen molar-refractivity contribution in [2.75, 3.05) is 32.2 Å². The average molecular weight is 270 g/mol. The quantitative estimate of drug-likeness (QED) is 0.570. The molecule has 0 aliphatic rings. The number of hydrogen-bond donors (Lipinski definition) is 2. The van der Waals surface area contributed by atoms with Gasteiger partial charge in [0.25, 0.3) is 0 Å². The Kier molecular flexibility index (Phi) is 6.97. The van der Waals surface area contributed by atoms with Gasteiger partial charge in [-0.1, -0.05) is 0 Å². The van der Waals surface area contributed by atoms with Crippen LogP contribution in [0, 0.1) is 0 Å². The van der Waals surface area contributed by atoms with Crippen LogP contribution in [0.1, 0.15) is 13.3 Å². The summed E-state index contributed by atoms with van der Waals surface area (Å²) in [6, 6.07) is 1.67. The molecule has 0 amide bonds. The largest absolute Gasteiger partial charge is 0.481 e. The number of nitrogens with one attached hydrogen (secondary N) is 2. The number of aromatic nitrogens is 2. The van der Waals surface area contributed by atoms with E-state index in [-0.39, 0.29) is 0 Å². The zero-order valence-corrected chi connectivity index (χ0v) is 11.4. The fraction of sp³-hybridized carbons (Fsp3) is 0.545. The van der Waals surface area contributed by atoms with E-state index in [4.69, 9.17) is 21.7 Å². The first-order valence-electron chi connectivity index (χ1n) is 5.75. The average Bonchev–Trinajstić information content (AvgIpc) is 2.38. The van der Waals surface area contributed by atoms with Gasteiger partial charge in [0.2, 0.25) is 5.88 Å². The zero-order chi connectivity index (χ0) is 13.2. The summed E-state index contributed by atoms with van der Waals surface area (Å²) in [5, 5.41) is 6.54.